The lowest BCUT2D eigenvalue weighted by Crippen LogP contribution is -2.02. The summed E-state index contributed by atoms with van der Waals surface area (Å²) in [7, 11) is 0. The van der Waals surface area contributed by atoms with Gasteiger partial charge in [-0.25, -0.2) is 4.98 Å². The number of hydrogen-bond acceptors (Lipinski definition) is 6. The molecule has 0 fully saturated rings. The fourth-order valence-corrected chi connectivity index (χ4v) is 1.31. The van der Waals surface area contributed by atoms with Gasteiger partial charge in [-0.3, -0.25) is 0 Å². The van der Waals surface area contributed by atoms with Crippen LogP contribution in [0.15, 0.2) is 22.9 Å². The van der Waals surface area contributed by atoms with Crippen LogP contribution >= 0.6 is 0 Å². The summed E-state index contributed by atoms with van der Waals surface area (Å²) in [6.45, 7) is 4.80. The molecule has 0 saturated carbocycles. The Kier molecular flexibility index (Phi) is 3.54. The van der Waals surface area contributed by atoms with Gasteiger partial charge < -0.3 is 14.6 Å². The van der Waals surface area contributed by atoms with Crippen molar-refractivity contribution >= 4 is 5.69 Å². The minimum absolute atomic E-state index is 0.507. The minimum atomic E-state index is 0.507. The molecule has 0 atom stereocenters. The summed E-state index contributed by atoms with van der Waals surface area (Å²) in [4.78, 5) is 8.22. The van der Waals surface area contributed by atoms with Crippen molar-refractivity contribution in [2.75, 3.05) is 11.9 Å². The van der Waals surface area contributed by atoms with Gasteiger partial charge in [0.15, 0.2) is 5.82 Å². The van der Waals surface area contributed by atoms with E-state index in [1.165, 1.54) is 0 Å². The third kappa shape index (κ3) is 3.17. The molecule has 2 heterocycles. The summed E-state index contributed by atoms with van der Waals surface area (Å²) in [6.07, 6.45) is 1.71. The van der Waals surface area contributed by atoms with Crippen LogP contribution in [0.25, 0.3) is 0 Å². The van der Waals surface area contributed by atoms with Crippen molar-refractivity contribution in [3.63, 3.8) is 0 Å². The van der Waals surface area contributed by atoms with Crippen molar-refractivity contribution in [2.45, 2.75) is 20.4 Å². The molecule has 17 heavy (non-hydrogen) atoms. The quantitative estimate of drug-likeness (QED) is 0.850. The highest BCUT2D eigenvalue weighted by Crippen LogP contribution is 2.12. The summed E-state index contributed by atoms with van der Waals surface area (Å²) in [5.41, 5.74) is 0.885. The van der Waals surface area contributed by atoms with Gasteiger partial charge in [0, 0.05) is 13.0 Å². The van der Waals surface area contributed by atoms with Gasteiger partial charge in [0.25, 0.3) is 0 Å². The molecule has 90 valence electrons. The van der Waals surface area contributed by atoms with Crippen molar-refractivity contribution in [1.29, 1.82) is 0 Å². The molecule has 6 nitrogen and oxygen atoms in total. The van der Waals surface area contributed by atoms with Crippen molar-refractivity contribution < 1.29 is 9.26 Å². The number of nitrogens with zero attached hydrogens (tertiary/aromatic N) is 3. The zero-order chi connectivity index (χ0) is 12.1. The van der Waals surface area contributed by atoms with Crippen molar-refractivity contribution in [1.82, 2.24) is 15.1 Å². The zero-order valence-electron chi connectivity index (χ0n) is 9.80. The Balaban J connectivity index is 1.90. The first-order valence-electron chi connectivity index (χ1n) is 5.40. The molecule has 1 N–H and O–H groups in total. The molecule has 2 aromatic heterocycles. The van der Waals surface area contributed by atoms with E-state index in [9.17, 15) is 0 Å². The highest BCUT2D eigenvalue weighted by Gasteiger charge is 2.02. The average Bonchev–Trinajstić information content (AvgIpc) is 2.75. The van der Waals surface area contributed by atoms with Gasteiger partial charge in [-0.15, -0.1) is 0 Å². The Morgan fingerprint density at radius 1 is 1.41 bits per heavy atom. The molecular formula is C11H14N4O2. The number of rotatable bonds is 5. The summed E-state index contributed by atoms with van der Waals surface area (Å²) in [5, 5.41) is 6.92. The van der Waals surface area contributed by atoms with Crippen LogP contribution in [-0.2, 0) is 6.54 Å². The lowest BCUT2D eigenvalue weighted by atomic mass is 10.4. The molecule has 0 spiro atoms. The third-order valence-corrected chi connectivity index (χ3v) is 2.05. The Morgan fingerprint density at radius 2 is 2.29 bits per heavy atom. The Morgan fingerprint density at radius 3 is 2.88 bits per heavy atom. The second kappa shape index (κ2) is 5.29. The Labute approximate surface area is 99.0 Å². The Bertz CT molecular complexity index is 467. The van der Waals surface area contributed by atoms with Gasteiger partial charge in [-0.1, -0.05) is 5.16 Å². The van der Waals surface area contributed by atoms with Gasteiger partial charge >= 0.3 is 0 Å². The molecule has 6 heteroatoms. The number of nitrogens with one attached hydrogen (secondary N) is 1. The summed E-state index contributed by atoms with van der Waals surface area (Å²) in [6, 6.07) is 3.71. The smallest absolute Gasteiger partial charge is 0.223 e. The van der Waals surface area contributed by atoms with E-state index in [1.54, 1.807) is 13.1 Å². The number of pyridine rings is 1. The van der Waals surface area contributed by atoms with E-state index in [0.717, 1.165) is 5.69 Å². The molecule has 0 aromatic carbocycles. The lowest BCUT2D eigenvalue weighted by Gasteiger charge is -2.04. The fourth-order valence-electron chi connectivity index (χ4n) is 1.31. The molecule has 2 rings (SSSR count). The number of aryl methyl sites for hydroxylation is 1. The van der Waals surface area contributed by atoms with Crippen LogP contribution in [0.3, 0.4) is 0 Å². The van der Waals surface area contributed by atoms with E-state index in [1.807, 2.05) is 19.1 Å². The third-order valence-electron chi connectivity index (χ3n) is 2.05. The van der Waals surface area contributed by atoms with Gasteiger partial charge in [-0.2, -0.15) is 4.98 Å². The van der Waals surface area contributed by atoms with E-state index in [0.29, 0.717) is 30.7 Å². The average molecular weight is 234 g/mol. The van der Waals surface area contributed by atoms with Crippen LogP contribution in [0.2, 0.25) is 0 Å². The Hall–Kier alpha value is -2.11. The lowest BCUT2D eigenvalue weighted by molar-refractivity contribution is 0.327. The molecule has 0 aliphatic heterocycles. The molecule has 0 bridgehead atoms. The fraction of sp³-hybridized carbons (Fsp3) is 0.364. The van der Waals surface area contributed by atoms with Crippen LogP contribution in [0, 0.1) is 6.92 Å². The summed E-state index contributed by atoms with van der Waals surface area (Å²) in [5.74, 6) is 1.80. The molecule has 0 aliphatic rings. The van der Waals surface area contributed by atoms with Gasteiger partial charge in [-0.05, 0) is 13.0 Å². The number of ether oxygens (including phenoxy) is 1. The minimum Gasteiger partial charge on any atom is -0.478 e. The van der Waals surface area contributed by atoms with Crippen LogP contribution in [-0.4, -0.2) is 21.7 Å². The molecule has 0 radical (unpaired) electrons. The second-order valence-corrected chi connectivity index (χ2v) is 3.40. The number of aromatic nitrogens is 3. The molecule has 0 amide bonds. The molecule has 0 aliphatic carbocycles. The van der Waals surface area contributed by atoms with E-state index < -0.39 is 0 Å². The summed E-state index contributed by atoms with van der Waals surface area (Å²) >= 11 is 0. The van der Waals surface area contributed by atoms with Crippen molar-refractivity contribution in [3.8, 4) is 5.88 Å². The first-order chi connectivity index (χ1) is 8.28. The molecular weight excluding hydrogens is 220 g/mol. The predicted octanol–water partition coefficient (Wildman–Crippen LogP) is 1.78. The molecule has 0 saturated heterocycles. The van der Waals surface area contributed by atoms with E-state index in [2.05, 4.69) is 20.4 Å². The van der Waals surface area contributed by atoms with Crippen LogP contribution < -0.4 is 10.1 Å². The maximum Gasteiger partial charge on any atom is 0.223 e. The maximum absolute atomic E-state index is 5.25. The molecule has 2 aromatic rings. The SMILES string of the molecule is CCOc1ccc(NCc2noc(C)n2)cn1. The van der Waals surface area contributed by atoms with Crippen LogP contribution in [0.4, 0.5) is 5.69 Å². The first kappa shape index (κ1) is 11.4. The second-order valence-electron chi connectivity index (χ2n) is 3.40. The van der Waals surface area contributed by atoms with Crippen molar-refractivity contribution in [3.05, 3.63) is 30.0 Å². The highest BCUT2D eigenvalue weighted by molar-refractivity contribution is 5.41. The zero-order valence-corrected chi connectivity index (χ0v) is 9.80. The maximum atomic E-state index is 5.25. The number of hydrogen-bond donors (Lipinski definition) is 1. The topological polar surface area (TPSA) is 73.1 Å². The van der Waals surface area contributed by atoms with Crippen LogP contribution in [0.1, 0.15) is 18.6 Å². The summed E-state index contributed by atoms with van der Waals surface area (Å²) < 4.78 is 10.1. The van der Waals surface area contributed by atoms with E-state index >= 15 is 0 Å². The standard InChI is InChI=1S/C11H14N4O2/c1-3-16-11-5-4-9(6-13-11)12-7-10-14-8(2)17-15-10/h4-6,12H,3,7H2,1-2H3. The highest BCUT2D eigenvalue weighted by atomic mass is 16.5. The van der Waals surface area contributed by atoms with Crippen LogP contribution in [0.5, 0.6) is 5.88 Å². The van der Waals surface area contributed by atoms with E-state index in [-0.39, 0.29) is 0 Å². The number of anilines is 1. The largest absolute Gasteiger partial charge is 0.478 e. The predicted molar refractivity (Wildman–Crippen MR) is 61.8 cm³/mol. The van der Waals surface area contributed by atoms with Gasteiger partial charge in [0.05, 0.1) is 25.0 Å². The first-order valence-corrected chi connectivity index (χ1v) is 5.40. The molecule has 0 unspecified atom stereocenters. The normalized spacial score (nSPS) is 10.2. The van der Waals surface area contributed by atoms with Crippen molar-refractivity contribution in [2.24, 2.45) is 0 Å². The monoisotopic (exact) mass is 234 g/mol. The van der Waals surface area contributed by atoms with Gasteiger partial charge in [0.1, 0.15) is 0 Å². The van der Waals surface area contributed by atoms with Gasteiger partial charge in [0.2, 0.25) is 11.8 Å². The van der Waals surface area contributed by atoms with E-state index in [4.69, 9.17) is 9.26 Å².